The molecule has 1 saturated carbocycles. The number of rotatable bonds is 3. The van der Waals surface area contributed by atoms with Gasteiger partial charge in [0.2, 0.25) is 5.91 Å². The molecular weight excluding hydrogens is 266 g/mol. The normalized spacial score (nSPS) is 33.0. The molecule has 2 saturated heterocycles. The van der Waals surface area contributed by atoms with Crippen molar-refractivity contribution in [3.8, 4) is 0 Å². The van der Waals surface area contributed by atoms with E-state index in [0.29, 0.717) is 12.0 Å². The van der Waals surface area contributed by atoms with Crippen LogP contribution in [0.1, 0.15) is 25.7 Å². The Balaban J connectivity index is 1.42. The predicted octanol–water partition coefficient (Wildman–Crippen LogP) is 0.650. The molecular formula is C16H29N3O2. The molecule has 1 amide bonds. The second kappa shape index (κ2) is 6.63. The van der Waals surface area contributed by atoms with Gasteiger partial charge in [-0.3, -0.25) is 9.69 Å². The summed E-state index contributed by atoms with van der Waals surface area (Å²) in [5, 5.41) is 0. The Kier molecular flexibility index (Phi) is 4.82. The predicted molar refractivity (Wildman–Crippen MR) is 82.2 cm³/mol. The SMILES string of the molecule is COC1CC(C(=O)N2CCN(C3CCN(C)CC3)CC2)C1. The number of piperidine rings is 1. The van der Waals surface area contributed by atoms with Crippen LogP contribution in [-0.2, 0) is 9.53 Å². The lowest BCUT2D eigenvalue weighted by molar-refractivity contribution is -0.145. The van der Waals surface area contributed by atoms with Gasteiger partial charge >= 0.3 is 0 Å². The number of hydrogen-bond donors (Lipinski definition) is 0. The molecule has 0 aromatic carbocycles. The van der Waals surface area contributed by atoms with Crippen molar-refractivity contribution in [2.24, 2.45) is 5.92 Å². The van der Waals surface area contributed by atoms with Crippen LogP contribution in [0.15, 0.2) is 0 Å². The van der Waals surface area contributed by atoms with Crippen molar-refractivity contribution < 1.29 is 9.53 Å². The van der Waals surface area contributed by atoms with Gasteiger partial charge in [-0.1, -0.05) is 0 Å². The van der Waals surface area contributed by atoms with E-state index in [0.717, 1.165) is 45.1 Å². The zero-order chi connectivity index (χ0) is 14.8. The highest BCUT2D eigenvalue weighted by Gasteiger charge is 2.38. The van der Waals surface area contributed by atoms with E-state index in [1.165, 1.54) is 25.9 Å². The van der Waals surface area contributed by atoms with Gasteiger partial charge in [0.1, 0.15) is 0 Å². The van der Waals surface area contributed by atoms with Gasteiger partial charge in [-0.05, 0) is 45.8 Å². The number of piperazine rings is 1. The molecule has 0 atom stereocenters. The molecule has 21 heavy (non-hydrogen) atoms. The molecule has 0 aromatic rings. The lowest BCUT2D eigenvalue weighted by Gasteiger charge is -2.44. The molecule has 2 aliphatic heterocycles. The van der Waals surface area contributed by atoms with Crippen LogP contribution in [0.4, 0.5) is 0 Å². The van der Waals surface area contributed by atoms with E-state index in [2.05, 4.69) is 21.7 Å². The first-order valence-electron chi connectivity index (χ1n) is 8.41. The third-order valence-electron chi connectivity index (χ3n) is 5.61. The number of amides is 1. The highest BCUT2D eigenvalue weighted by atomic mass is 16.5. The fourth-order valence-corrected chi connectivity index (χ4v) is 3.89. The molecule has 0 aromatic heterocycles. The number of nitrogens with zero attached hydrogens (tertiary/aromatic N) is 3. The summed E-state index contributed by atoms with van der Waals surface area (Å²) in [5.41, 5.74) is 0. The average molecular weight is 295 g/mol. The van der Waals surface area contributed by atoms with E-state index in [4.69, 9.17) is 4.74 Å². The Hall–Kier alpha value is -0.650. The van der Waals surface area contributed by atoms with Crippen molar-refractivity contribution in [3.05, 3.63) is 0 Å². The molecule has 0 unspecified atom stereocenters. The maximum Gasteiger partial charge on any atom is 0.225 e. The standard InChI is InChI=1S/C16H29N3O2/c1-17-5-3-14(4-6-17)18-7-9-19(10-8-18)16(20)13-11-15(12-13)21-2/h13-15H,3-12H2,1-2H3. The zero-order valence-electron chi connectivity index (χ0n) is 13.5. The Morgan fingerprint density at radius 3 is 2.19 bits per heavy atom. The molecule has 120 valence electrons. The Labute approximate surface area is 128 Å². The van der Waals surface area contributed by atoms with Crippen LogP contribution in [0.3, 0.4) is 0 Å². The van der Waals surface area contributed by atoms with Crippen molar-refractivity contribution in [1.29, 1.82) is 0 Å². The molecule has 0 N–H and O–H groups in total. The average Bonchev–Trinajstić information content (AvgIpc) is 2.47. The largest absolute Gasteiger partial charge is 0.381 e. The fourth-order valence-electron chi connectivity index (χ4n) is 3.89. The number of hydrogen-bond acceptors (Lipinski definition) is 4. The minimum Gasteiger partial charge on any atom is -0.381 e. The highest BCUT2D eigenvalue weighted by molar-refractivity contribution is 5.80. The Morgan fingerprint density at radius 2 is 1.62 bits per heavy atom. The van der Waals surface area contributed by atoms with Crippen LogP contribution in [0.2, 0.25) is 0 Å². The molecule has 3 rings (SSSR count). The third-order valence-corrected chi connectivity index (χ3v) is 5.61. The zero-order valence-corrected chi connectivity index (χ0v) is 13.5. The lowest BCUT2D eigenvalue weighted by Crippen LogP contribution is -2.56. The molecule has 5 heteroatoms. The quantitative estimate of drug-likeness (QED) is 0.766. The first-order valence-corrected chi connectivity index (χ1v) is 8.41. The maximum absolute atomic E-state index is 12.4. The van der Waals surface area contributed by atoms with Crippen molar-refractivity contribution >= 4 is 5.91 Å². The van der Waals surface area contributed by atoms with Crippen LogP contribution in [0.25, 0.3) is 0 Å². The minimum absolute atomic E-state index is 0.227. The molecule has 3 aliphatic rings. The van der Waals surface area contributed by atoms with Crippen molar-refractivity contribution in [3.63, 3.8) is 0 Å². The molecule has 0 radical (unpaired) electrons. The molecule has 1 aliphatic carbocycles. The number of carbonyl (C=O) groups is 1. The van der Waals surface area contributed by atoms with E-state index in [1.54, 1.807) is 7.11 Å². The second-order valence-electron chi connectivity index (χ2n) is 6.92. The summed E-state index contributed by atoms with van der Waals surface area (Å²) >= 11 is 0. The third kappa shape index (κ3) is 3.41. The van der Waals surface area contributed by atoms with Crippen molar-refractivity contribution in [1.82, 2.24) is 14.7 Å². The first-order chi connectivity index (χ1) is 10.2. The van der Waals surface area contributed by atoms with E-state index in [-0.39, 0.29) is 5.92 Å². The van der Waals surface area contributed by atoms with Gasteiger partial charge in [0.15, 0.2) is 0 Å². The van der Waals surface area contributed by atoms with Crippen LogP contribution >= 0.6 is 0 Å². The van der Waals surface area contributed by atoms with E-state index >= 15 is 0 Å². The first kappa shape index (κ1) is 15.3. The molecule has 5 nitrogen and oxygen atoms in total. The summed E-state index contributed by atoms with van der Waals surface area (Å²) in [6.45, 7) is 6.37. The van der Waals surface area contributed by atoms with Gasteiger partial charge in [-0.25, -0.2) is 0 Å². The lowest BCUT2D eigenvalue weighted by atomic mass is 9.81. The van der Waals surface area contributed by atoms with Crippen LogP contribution in [0.5, 0.6) is 0 Å². The monoisotopic (exact) mass is 295 g/mol. The minimum atomic E-state index is 0.227. The Morgan fingerprint density at radius 1 is 1.00 bits per heavy atom. The Bertz CT molecular complexity index is 355. The smallest absolute Gasteiger partial charge is 0.225 e. The van der Waals surface area contributed by atoms with Gasteiger partial charge in [-0.2, -0.15) is 0 Å². The van der Waals surface area contributed by atoms with Gasteiger partial charge in [0.25, 0.3) is 0 Å². The summed E-state index contributed by atoms with van der Waals surface area (Å²) in [6, 6.07) is 0.736. The highest BCUT2D eigenvalue weighted by Crippen LogP contribution is 2.31. The topological polar surface area (TPSA) is 36.0 Å². The number of carbonyl (C=O) groups excluding carboxylic acids is 1. The summed E-state index contributed by atoms with van der Waals surface area (Å²) in [5.74, 6) is 0.594. The second-order valence-corrected chi connectivity index (χ2v) is 6.92. The van der Waals surface area contributed by atoms with E-state index in [9.17, 15) is 4.79 Å². The van der Waals surface area contributed by atoms with Crippen molar-refractivity contribution in [2.45, 2.75) is 37.8 Å². The van der Waals surface area contributed by atoms with Gasteiger partial charge < -0.3 is 14.5 Å². The van der Waals surface area contributed by atoms with Crippen LogP contribution < -0.4 is 0 Å². The van der Waals surface area contributed by atoms with Gasteiger partial charge in [0.05, 0.1) is 6.10 Å². The summed E-state index contributed by atoms with van der Waals surface area (Å²) in [6.07, 6.45) is 4.72. The number of methoxy groups -OCH3 is 1. The molecule has 0 spiro atoms. The van der Waals surface area contributed by atoms with Crippen LogP contribution in [-0.4, -0.2) is 86.2 Å². The van der Waals surface area contributed by atoms with Crippen LogP contribution in [0, 0.1) is 5.92 Å². The fraction of sp³-hybridized carbons (Fsp3) is 0.938. The van der Waals surface area contributed by atoms with Gasteiger partial charge in [-0.15, -0.1) is 0 Å². The number of likely N-dealkylation sites (tertiary alicyclic amines) is 1. The van der Waals surface area contributed by atoms with E-state index in [1.807, 2.05) is 0 Å². The van der Waals surface area contributed by atoms with Gasteiger partial charge in [0, 0.05) is 45.2 Å². The van der Waals surface area contributed by atoms with Crippen molar-refractivity contribution in [2.75, 3.05) is 53.4 Å². The number of ether oxygens (including phenoxy) is 1. The summed E-state index contributed by atoms with van der Waals surface area (Å²) in [7, 11) is 3.95. The summed E-state index contributed by atoms with van der Waals surface area (Å²) in [4.78, 5) is 19.5. The maximum atomic E-state index is 12.4. The van der Waals surface area contributed by atoms with E-state index < -0.39 is 0 Å². The molecule has 0 bridgehead atoms. The molecule has 3 fully saturated rings. The molecule has 2 heterocycles. The summed E-state index contributed by atoms with van der Waals surface area (Å²) < 4.78 is 5.28.